The third-order valence-corrected chi connectivity index (χ3v) is 7.13. The molecule has 3 fully saturated rings. The van der Waals surface area contributed by atoms with Gasteiger partial charge >= 0.3 is 0 Å². The standard InChI is InChI=1S/C21H30N6O2.2ClH/c28-20(24-12-17-14-27-6-5-22-13-19(27)25-17)21-3-1-18(26-7-9-29-10-8-26)11-16(21)2-4-23-15-21;;/h5-6,13-14,16,18,23H,1-4,7-12,15H2,(H,24,28);2*1H/t16-,18-,21-;;/m1../s1. The maximum atomic E-state index is 13.4. The van der Waals surface area contributed by atoms with Gasteiger partial charge in [0.25, 0.3) is 0 Å². The molecule has 3 atom stereocenters. The van der Waals surface area contributed by atoms with E-state index in [0.29, 0.717) is 18.5 Å². The summed E-state index contributed by atoms with van der Waals surface area (Å²) in [7, 11) is 0. The molecule has 172 valence electrons. The van der Waals surface area contributed by atoms with E-state index < -0.39 is 0 Å². The fraction of sp³-hybridized carbons (Fsp3) is 0.667. The number of hydrogen-bond acceptors (Lipinski definition) is 6. The lowest BCUT2D eigenvalue weighted by Crippen LogP contribution is -2.60. The van der Waals surface area contributed by atoms with E-state index in [4.69, 9.17) is 4.74 Å². The third kappa shape index (κ3) is 4.83. The lowest BCUT2D eigenvalue weighted by molar-refractivity contribution is -0.140. The zero-order valence-electron chi connectivity index (χ0n) is 17.7. The molecule has 0 radical (unpaired) electrons. The van der Waals surface area contributed by atoms with E-state index in [9.17, 15) is 4.79 Å². The summed E-state index contributed by atoms with van der Waals surface area (Å²) in [4.78, 5) is 24.6. The number of nitrogens with zero attached hydrogens (tertiary/aromatic N) is 4. The van der Waals surface area contributed by atoms with Crippen LogP contribution in [0.2, 0.25) is 0 Å². The van der Waals surface area contributed by atoms with Gasteiger partial charge in [-0.1, -0.05) is 0 Å². The van der Waals surface area contributed by atoms with E-state index in [1.165, 1.54) is 0 Å². The monoisotopic (exact) mass is 470 g/mol. The van der Waals surface area contributed by atoms with Crippen molar-refractivity contribution >= 4 is 36.4 Å². The molecule has 0 spiro atoms. The molecular weight excluding hydrogens is 439 g/mol. The molecule has 4 heterocycles. The Balaban J connectivity index is 0.00000136. The van der Waals surface area contributed by atoms with Crippen LogP contribution in [0.25, 0.3) is 5.65 Å². The highest BCUT2D eigenvalue weighted by Crippen LogP contribution is 2.46. The zero-order chi connectivity index (χ0) is 19.7. The minimum Gasteiger partial charge on any atom is -0.379 e. The van der Waals surface area contributed by atoms with Crippen LogP contribution in [0.4, 0.5) is 0 Å². The van der Waals surface area contributed by atoms with Crippen LogP contribution < -0.4 is 10.6 Å². The van der Waals surface area contributed by atoms with Crippen molar-refractivity contribution < 1.29 is 9.53 Å². The van der Waals surface area contributed by atoms with Crippen LogP contribution in [0.1, 0.15) is 31.4 Å². The Hall–Kier alpha value is -1.45. The van der Waals surface area contributed by atoms with Gasteiger partial charge in [-0.05, 0) is 38.1 Å². The van der Waals surface area contributed by atoms with Crippen molar-refractivity contribution in [2.75, 3.05) is 39.4 Å². The van der Waals surface area contributed by atoms with Crippen molar-refractivity contribution in [2.45, 2.75) is 38.3 Å². The number of aromatic nitrogens is 3. The highest BCUT2D eigenvalue weighted by atomic mass is 35.5. The fourth-order valence-electron chi connectivity index (χ4n) is 5.50. The van der Waals surface area contributed by atoms with Crippen molar-refractivity contribution in [3.05, 3.63) is 30.5 Å². The number of morpholine rings is 1. The number of nitrogens with one attached hydrogen (secondary N) is 2. The van der Waals surface area contributed by atoms with E-state index >= 15 is 0 Å². The van der Waals surface area contributed by atoms with Gasteiger partial charge in [0.05, 0.1) is 37.1 Å². The Kier molecular flexibility index (Phi) is 8.15. The molecule has 2 aromatic heterocycles. The van der Waals surface area contributed by atoms with Crippen molar-refractivity contribution in [2.24, 2.45) is 11.3 Å². The maximum Gasteiger partial charge on any atom is 0.228 e. The summed E-state index contributed by atoms with van der Waals surface area (Å²) in [6, 6.07) is 0.592. The molecule has 8 nitrogen and oxygen atoms in total. The van der Waals surface area contributed by atoms with E-state index in [0.717, 1.165) is 76.4 Å². The summed E-state index contributed by atoms with van der Waals surface area (Å²) in [5, 5.41) is 6.70. The van der Waals surface area contributed by atoms with Gasteiger partial charge in [-0.25, -0.2) is 4.98 Å². The van der Waals surface area contributed by atoms with Gasteiger partial charge in [0.2, 0.25) is 5.91 Å². The zero-order valence-corrected chi connectivity index (χ0v) is 19.3. The van der Waals surface area contributed by atoms with Gasteiger partial charge in [-0.3, -0.25) is 14.7 Å². The molecule has 3 aliphatic rings. The normalized spacial score (nSPS) is 28.8. The first-order valence-corrected chi connectivity index (χ1v) is 10.8. The second-order valence-corrected chi connectivity index (χ2v) is 8.65. The first-order chi connectivity index (χ1) is 14.2. The molecule has 2 saturated heterocycles. The van der Waals surface area contributed by atoms with Crippen LogP contribution in [0.3, 0.4) is 0 Å². The van der Waals surface area contributed by atoms with Crippen LogP contribution in [-0.4, -0.2) is 70.6 Å². The number of halogens is 2. The van der Waals surface area contributed by atoms with Gasteiger partial charge in [0.1, 0.15) is 0 Å². The molecule has 10 heteroatoms. The van der Waals surface area contributed by atoms with Crippen LogP contribution in [-0.2, 0) is 16.1 Å². The summed E-state index contributed by atoms with van der Waals surface area (Å²) >= 11 is 0. The highest BCUT2D eigenvalue weighted by Gasteiger charge is 2.50. The SMILES string of the molecule is Cl.Cl.O=C(NCc1cn2ccncc2n1)[C@@]12CC[C@@H](N3CCOCC3)C[C@H]1CCNC2. The number of fused-ring (bicyclic) bond motifs is 2. The molecular formula is C21H32Cl2N6O2. The quantitative estimate of drug-likeness (QED) is 0.706. The first-order valence-electron chi connectivity index (χ1n) is 10.8. The fourth-order valence-corrected chi connectivity index (χ4v) is 5.50. The number of hydrogen-bond donors (Lipinski definition) is 2. The highest BCUT2D eigenvalue weighted by molar-refractivity contribution is 5.85. The Morgan fingerprint density at radius 3 is 2.94 bits per heavy atom. The number of imidazole rings is 1. The van der Waals surface area contributed by atoms with Gasteiger partial charge < -0.3 is 19.8 Å². The molecule has 1 amide bonds. The largest absolute Gasteiger partial charge is 0.379 e. The predicted octanol–water partition coefficient (Wildman–Crippen LogP) is 1.67. The maximum absolute atomic E-state index is 13.4. The number of carbonyl (C=O) groups excluding carboxylic acids is 1. The average molecular weight is 471 g/mol. The second kappa shape index (κ2) is 10.4. The van der Waals surface area contributed by atoms with Crippen LogP contribution in [0.15, 0.2) is 24.8 Å². The second-order valence-electron chi connectivity index (χ2n) is 8.65. The Bertz CT molecular complexity index is 841. The molecule has 2 aromatic rings. The molecule has 31 heavy (non-hydrogen) atoms. The number of rotatable bonds is 4. The van der Waals surface area contributed by atoms with Gasteiger partial charge in [-0.15, -0.1) is 24.8 Å². The molecule has 2 aliphatic heterocycles. The van der Waals surface area contributed by atoms with Gasteiger partial charge in [0, 0.05) is 44.3 Å². The molecule has 5 rings (SSSR count). The lowest BCUT2D eigenvalue weighted by atomic mass is 9.61. The summed E-state index contributed by atoms with van der Waals surface area (Å²) in [6.07, 6.45) is 11.5. The minimum atomic E-state index is -0.290. The number of piperidine rings is 1. The van der Waals surface area contributed by atoms with Gasteiger partial charge in [-0.2, -0.15) is 0 Å². The summed E-state index contributed by atoms with van der Waals surface area (Å²) in [5.41, 5.74) is 1.38. The molecule has 0 aromatic carbocycles. The lowest BCUT2D eigenvalue weighted by Gasteiger charge is -2.50. The van der Waals surface area contributed by atoms with Crippen LogP contribution >= 0.6 is 24.8 Å². The van der Waals surface area contributed by atoms with Crippen LogP contribution in [0, 0.1) is 11.3 Å². The number of carbonyl (C=O) groups is 1. The Labute approximate surface area is 195 Å². The minimum absolute atomic E-state index is 0. The molecule has 0 unspecified atom stereocenters. The van der Waals surface area contributed by atoms with E-state index in [-0.39, 0.29) is 36.1 Å². The van der Waals surface area contributed by atoms with E-state index in [1.807, 2.05) is 16.8 Å². The Morgan fingerprint density at radius 2 is 2.13 bits per heavy atom. The smallest absolute Gasteiger partial charge is 0.228 e. The van der Waals surface area contributed by atoms with E-state index in [1.54, 1.807) is 12.4 Å². The van der Waals surface area contributed by atoms with Crippen LogP contribution in [0.5, 0.6) is 0 Å². The third-order valence-electron chi connectivity index (χ3n) is 7.13. The molecule has 2 N–H and O–H groups in total. The summed E-state index contributed by atoms with van der Waals surface area (Å²) in [5.74, 6) is 0.626. The predicted molar refractivity (Wildman–Crippen MR) is 123 cm³/mol. The van der Waals surface area contributed by atoms with Crippen molar-refractivity contribution in [1.82, 2.24) is 29.9 Å². The van der Waals surface area contributed by atoms with Crippen molar-refractivity contribution in [3.63, 3.8) is 0 Å². The molecule has 0 bridgehead atoms. The molecule has 1 aliphatic carbocycles. The summed E-state index contributed by atoms with van der Waals surface area (Å²) in [6.45, 7) is 5.98. The molecule has 1 saturated carbocycles. The van der Waals surface area contributed by atoms with Crippen molar-refractivity contribution in [3.8, 4) is 0 Å². The number of ether oxygens (including phenoxy) is 1. The van der Waals surface area contributed by atoms with Crippen molar-refractivity contribution in [1.29, 1.82) is 0 Å². The Morgan fingerprint density at radius 1 is 1.29 bits per heavy atom. The topological polar surface area (TPSA) is 83.8 Å². The number of amides is 1. The summed E-state index contributed by atoms with van der Waals surface area (Å²) < 4.78 is 7.46. The van der Waals surface area contributed by atoms with E-state index in [2.05, 4.69) is 25.5 Å². The first kappa shape index (κ1) is 24.2. The average Bonchev–Trinajstić information content (AvgIpc) is 3.20. The van der Waals surface area contributed by atoms with Gasteiger partial charge in [0.15, 0.2) is 5.65 Å².